The normalized spacial score (nSPS) is 29.3. The number of amides is 1. The highest BCUT2D eigenvalue weighted by atomic mass is 19.4. The van der Waals surface area contributed by atoms with Crippen LogP contribution in [0.5, 0.6) is 0 Å². The molecule has 0 saturated heterocycles. The molecule has 0 unspecified atom stereocenters. The third kappa shape index (κ3) is 2.10. The van der Waals surface area contributed by atoms with E-state index in [1.165, 1.54) is 0 Å². The lowest BCUT2D eigenvalue weighted by molar-refractivity contribution is -0.175. The van der Waals surface area contributed by atoms with E-state index in [1.54, 1.807) is 0 Å². The average molecular weight is 182 g/mol. The number of carbonyl (C=O) groups is 1. The quantitative estimate of drug-likeness (QED) is 0.606. The molecular formula is C6H9F3N2O. The summed E-state index contributed by atoms with van der Waals surface area (Å²) in [6.45, 7) is 0. The first-order valence-electron chi connectivity index (χ1n) is 3.53. The first kappa shape index (κ1) is 9.31. The molecule has 0 atom stereocenters. The molecule has 1 amide bonds. The van der Waals surface area contributed by atoms with Crippen molar-refractivity contribution >= 4 is 5.91 Å². The second-order valence-corrected chi connectivity index (χ2v) is 2.90. The van der Waals surface area contributed by atoms with Crippen LogP contribution in [-0.2, 0) is 4.79 Å². The fourth-order valence-electron chi connectivity index (χ4n) is 1.05. The number of hydrogen-bond acceptors (Lipinski definition) is 2. The Balaban J connectivity index is 2.28. The Labute approximate surface area is 67.1 Å². The number of hydrogen-bond donors (Lipinski definition) is 2. The molecule has 0 aliphatic heterocycles. The van der Waals surface area contributed by atoms with Gasteiger partial charge in [0, 0.05) is 12.1 Å². The third-order valence-corrected chi connectivity index (χ3v) is 1.77. The van der Waals surface area contributed by atoms with E-state index >= 15 is 0 Å². The average Bonchev–Trinajstić information content (AvgIpc) is 1.82. The Bertz CT molecular complexity index is 186. The number of halogens is 3. The van der Waals surface area contributed by atoms with Gasteiger partial charge in [-0.15, -0.1) is 0 Å². The number of carbonyl (C=O) groups excluding carboxylic acids is 1. The zero-order valence-electron chi connectivity index (χ0n) is 6.19. The highest BCUT2D eigenvalue weighted by molar-refractivity contribution is 5.82. The van der Waals surface area contributed by atoms with Gasteiger partial charge in [-0.05, 0) is 12.8 Å². The van der Waals surface area contributed by atoms with Gasteiger partial charge in [0.15, 0.2) is 0 Å². The van der Waals surface area contributed by atoms with Crippen LogP contribution in [0, 0.1) is 0 Å². The topological polar surface area (TPSA) is 55.1 Å². The molecule has 0 aromatic rings. The molecule has 3 N–H and O–H groups in total. The molecular weight excluding hydrogens is 173 g/mol. The lowest BCUT2D eigenvalue weighted by Gasteiger charge is -2.33. The minimum atomic E-state index is -4.78. The van der Waals surface area contributed by atoms with E-state index in [0.717, 1.165) is 0 Å². The van der Waals surface area contributed by atoms with E-state index in [0.29, 0.717) is 12.8 Å². The van der Waals surface area contributed by atoms with Crippen LogP contribution in [0.1, 0.15) is 12.8 Å². The maximum absolute atomic E-state index is 11.6. The van der Waals surface area contributed by atoms with Crippen molar-refractivity contribution in [3.05, 3.63) is 0 Å². The summed E-state index contributed by atoms with van der Waals surface area (Å²) < 4.78 is 34.9. The minimum absolute atomic E-state index is 0.0662. The molecule has 6 heteroatoms. The number of nitrogens with one attached hydrogen (secondary N) is 1. The molecule has 0 bridgehead atoms. The lowest BCUT2D eigenvalue weighted by Crippen LogP contribution is -2.53. The first-order chi connectivity index (χ1) is 5.39. The van der Waals surface area contributed by atoms with Crippen molar-refractivity contribution in [1.82, 2.24) is 5.32 Å². The molecule has 0 spiro atoms. The van der Waals surface area contributed by atoms with Crippen molar-refractivity contribution in [1.29, 1.82) is 0 Å². The largest absolute Gasteiger partial charge is 0.471 e. The van der Waals surface area contributed by atoms with E-state index in [4.69, 9.17) is 5.73 Å². The molecule has 0 heterocycles. The summed E-state index contributed by atoms with van der Waals surface area (Å²) in [6.07, 6.45) is -3.91. The maximum Gasteiger partial charge on any atom is 0.471 e. The number of rotatable bonds is 1. The first-order valence-corrected chi connectivity index (χ1v) is 3.53. The van der Waals surface area contributed by atoms with Crippen LogP contribution < -0.4 is 11.1 Å². The zero-order valence-corrected chi connectivity index (χ0v) is 6.19. The van der Waals surface area contributed by atoms with Crippen molar-refractivity contribution in [3.63, 3.8) is 0 Å². The Hall–Kier alpha value is -0.780. The van der Waals surface area contributed by atoms with Gasteiger partial charge in [0.2, 0.25) is 0 Å². The molecule has 1 fully saturated rings. The Morgan fingerprint density at radius 1 is 1.42 bits per heavy atom. The fraction of sp³-hybridized carbons (Fsp3) is 0.833. The molecule has 70 valence electrons. The Morgan fingerprint density at radius 2 is 1.92 bits per heavy atom. The summed E-state index contributed by atoms with van der Waals surface area (Å²) >= 11 is 0. The predicted octanol–water partition coefficient (Wildman–Crippen LogP) is 0.155. The molecule has 0 radical (unpaired) electrons. The lowest BCUT2D eigenvalue weighted by atomic mass is 9.88. The van der Waals surface area contributed by atoms with Gasteiger partial charge in [0.05, 0.1) is 0 Å². The van der Waals surface area contributed by atoms with Gasteiger partial charge in [0.1, 0.15) is 0 Å². The predicted molar refractivity (Wildman–Crippen MR) is 35.2 cm³/mol. The third-order valence-electron chi connectivity index (χ3n) is 1.77. The van der Waals surface area contributed by atoms with Crippen LogP contribution in [0.25, 0.3) is 0 Å². The second kappa shape index (κ2) is 2.93. The van der Waals surface area contributed by atoms with Crippen LogP contribution in [0.15, 0.2) is 0 Å². The fourth-order valence-corrected chi connectivity index (χ4v) is 1.05. The molecule has 0 aromatic heterocycles. The van der Waals surface area contributed by atoms with Gasteiger partial charge in [0.25, 0.3) is 0 Å². The van der Waals surface area contributed by atoms with Crippen molar-refractivity contribution < 1.29 is 18.0 Å². The number of nitrogens with two attached hydrogens (primary N) is 1. The SMILES string of the molecule is NC1CC(NC(=O)C(F)(F)F)C1. The van der Waals surface area contributed by atoms with Gasteiger partial charge < -0.3 is 11.1 Å². The summed E-state index contributed by atoms with van der Waals surface area (Å²) in [5, 5.41) is 1.84. The van der Waals surface area contributed by atoms with Crippen molar-refractivity contribution in [3.8, 4) is 0 Å². The molecule has 1 saturated carbocycles. The van der Waals surface area contributed by atoms with Crippen LogP contribution >= 0.6 is 0 Å². The van der Waals surface area contributed by atoms with Gasteiger partial charge in [-0.25, -0.2) is 0 Å². The van der Waals surface area contributed by atoms with Crippen LogP contribution in [-0.4, -0.2) is 24.2 Å². The standard InChI is InChI=1S/C6H9F3N2O/c7-6(8,9)5(12)11-4-1-3(10)2-4/h3-4H,1-2,10H2,(H,11,12). The summed E-state index contributed by atoms with van der Waals surface area (Å²) in [7, 11) is 0. The summed E-state index contributed by atoms with van der Waals surface area (Å²) in [6, 6.07) is -0.461. The van der Waals surface area contributed by atoms with E-state index < -0.39 is 18.1 Å². The van der Waals surface area contributed by atoms with E-state index in [9.17, 15) is 18.0 Å². The maximum atomic E-state index is 11.6. The van der Waals surface area contributed by atoms with Crippen LogP contribution in [0.4, 0.5) is 13.2 Å². The molecule has 0 aromatic carbocycles. The highest BCUT2D eigenvalue weighted by Crippen LogP contribution is 2.20. The molecule has 12 heavy (non-hydrogen) atoms. The van der Waals surface area contributed by atoms with Gasteiger partial charge >= 0.3 is 12.1 Å². The minimum Gasteiger partial charge on any atom is -0.345 e. The van der Waals surface area contributed by atoms with Gasteiger partial charge in [-0.1, -0.05) is 0 Å². The second-order valence-electron chi connectivity index (χ2n) is 2.90. The van der Waals surface area contributed by atoms with Crippen molar-refractivity contribution in [2.24, 2.45) is 5.73 Å². The molecule has 1 aliphatic carbocycles. The Kier molecular flexibility index (Phi) is 2.27. The highest BCUT2D eigenvalue weighted by Gasteiger charge is 2.41. The van der Waals surface area contributed by atoms with Gasteiger partial charge in [-0.3, -0.25) is 4.79 Å². The zero-order chi connectivity index (χ0) is 9.35. The monoisotopic (exact) mass is 182 g/mol. The van der Waals surface area contributed by atoms with Crippen LogP contribution in [0.2, 0.25) is 0 Å². The van der Waals surface area contributed by atoms with E-state index in [2.05, 4.69) is 0 Å². The molecule has 1 rings (SSSR count). The van der Waals surface area contributed by atoms with Gasteiger partial charge in [-0.2, -0.15) is 13.2 Å². The summed E-state index contributed by atoms with van der Waals surface area (Å²) in [5.74, 6) is -1.88. The van der Waals surface area contributed by atoms with Crippen molar-refractivity contribution in [2.45, 2.75) is 31.1 Å². The van der Waals surface area contributed by atoms with Crippen molar-refractivity contribution in [2.75, 3.05) is 0 Å². The van der Waals surface area contributed by atoms with E-state index in [1.807, 2.05) is 5.32 Å². The van der Waals surface area contributed by atoms with Crippen LogP contribution in [0.3, 0.4) is 0 Å². The Morgan fingerprint density at radius 3 is 2.25 bits per heavy atom. The molecule has 1 aliphatic rings. The summed E-state index contributed by atoms with van der Waals surface area (Å²) in [4.78, 5) is 10.3. The number of alkyl halides is 3. The summed E-state index contributed by atoms with van der Waals surface area (Å²) in [5.41, 5.74) is 5.32. The smallest absolute Gasteiger partial charge is 0.345 e. The molecule has 3 nitrogen and oxygen atoms in total. The van der Waals surface area contributed by atoms with E-state index in [-0.39, 0.29) is 6.04 Å².